The molecule has 2 aromatic rings. The number of benzene rings is 1. The summed E-state index contributed by atoms with van der Waals surface area (Å²) < 4.78 is 0.974. The molecule has 0 aliphatic carbocycles. The Kier molecular flexibility index (Phi) is 4.13. The third-order valence-corrected chi connectivity index (χ3v) is 4.27. The van der Waals surface area contributed by atoms with Crippen LogP contribution in [0.2, 0.25) is 0 Å². The lowest BCUT2D eigenvalue weighted by molar-refractivity contribution is -0.143. The molecule has 0 saturated heterocycles. The summed E-state index contributed by atoms with van der Waals surface area (Å²) in [6, 6.07) is 5.25. The Bertz CT molecular complexity index is 698. The number of carboxylic acids is 1. The van der Waals surface area contributed by atoms with E-state index in [2.05, 4.69) is 15.6 Å². The van der Waals surface area contributed by atoms with Gasteiger partial charge in [0.05, 0.1) is 10.2 Å². The van der Waals surface area contributed by atoms with Crippen LogP contribution in [0.4, 0.5) is 9.93 Å². The van der Waals surface area contributed by atoms with E-state index in [4.69, 9.17) is 5.11 Å². The number of amides is 2. The molecule has 1 heterocycles. The Morgan fingerprint density at radius 3 is 2.76 bits per heavy atom. The van der Waals surface area contributed by atoms with Gasteiger partial charge in [-0.05, 0) is 38.0 Å². The number of urea groups is 1. The van der Waals surface area contributed by atoms with Crippen LogP contribution in [0, 0.1) is 6.92 Å². The highest BCUT2D eigenvalue weighted by molar-refractivity contribution is 7.22. The summed E-state index contributed by atoms with van der Waals surface area (Å²) in [5, 5.41) is 14.6. The number of aryl methyl sites for hydroxylation is 1. The maximum absolute atomic E-state index is 11.9. The molecule has 0 aliphatic heterocycles. The minimum atomic E-state index is -1.29. The molecule has 112 valence electrons. The van der Waals surface area contributed by atoms with E-state index in [1.165, 1.54) is 18.3 Å². The lowest BCUT2D eigenvalue weighted by Crippen LogP contribution is -2.53. The first-order valence-corrected chi connectivity index (χ1v) is 7.35. The van der Waals surface area contributed by atoms with Gasteiger partial charge in [-0.15, -0.1) is 0 Å². The monoisotopic (exact) mass is 307 g/mol. The van der Waals surface area contributed by atoms with E-state index in [0.29, 0.717) is 5.13 Å². The van der Waals surface area contributed by atoms with E-state index in [0.717, 1.165) is 15.8 Å². The van der Waals surface area contributed by atoms with Crippen LogP contribution in [0.5, 0.6) is 0 Å². The lowest BCUT2D eigenvalue weighted by Gasteiger charge is -2.24. The Hall–Kier alpha value is -2.15. The van der Waals surface area contributed by atoms with Crippen LogP contribution in [-0.4, -0.2) is 27.6 Å². The predicted octanol–water partition coefficient (Wildman–Crippen LogP) is 2.98. The summed E-state index contributed by atoms with van der Waals surface area (Å²) in [6.07, 6.45) is 0.287. The second-order valence-electron chi connectivity index (χ2n) is 5.06. The molecule has 0 saturated carbocycles. The third-order valence-electron chi connectivity index (χ3n) is 3.33. The van der Waals surface area contributed by atoms with Crippen molar-refractivity contribution in [3.8, 4) is 0 Å². The van der Waals surface area contributed by atoms with Gasteiger partial charge in [0.25, 0.3) is 0 Å². The first kappa shape index (κ1) is 15.2. The fraction of sp³-hybridized carbons (Fsp3) is 0.357. The smallest absolute Gasteiger partial charge is 0.329 e. The molecule has 0 spiro atoms. The van der Waals surface area contributed by atoms with Crippen molar-refractivity contribution >= 4 is 38.7 Å². The number of carboxylic acid groups (broad SMARTS) is 1. The van der Waals surface area contributed by atoms with Crippen LogP contribution < -0.4 is 10.6 Å². The van der Waals surface area contributed by atoms with E-state index in [1.807, 2.05) is 25.1 Å². The Labute approximate surface area is 126 Å². The van der Waals surface area contributed by atoms with Crippen molar-refractivity contribution in [3.63, 3.8) is 0 Å². The molecule has 1 aromatic carbocycles. The number of aromatic nitrogens is 1. The summed E-state index contributed by atoms with van der Waals surface area (Å²) in [5.74, 6) is -1.07. The second kappa shape index (κ2) is 5.69. The highest BCUT2D eigenvalue weighted by atomic mass is 32.1. The average molecular weight is 307 g/mol. The third kappa shape index (κ3) is 3.30. The van der Waals surface area contributed by atoms with Gasteiger partial charge in [-0.1, -0.05) is 24.3 Å². The van der Waals surface area contributed by atoms with Gasteiger partial charge in [0.15, 0.2) is 5.13 Å². The summed E-state index contributed by atoms with van der Waals surface area (Å²) in [5.41, 5.74) is 0.626. The predicted molar refractivity (Wildman–Crippen MR) is 82.8 cm³/mol. The van der Waals surface area contributed by atoms with Crippen molar-refractivity contribution in [1.82, 2.24) is 10.3 Å². The van der Waals surface area contributed by atoms with Gasteiger partial charge in [-0.25, -0.2) is 14.6 Å². The number of thiazole rings is 1. The molecular weight excluding hydrogens is 290 g/mol. The first-order chi connectivity index (χ1) is 9.84. The number of fused-ring (bicyclic) bond motifs is 1. The molecule has 2 rings (SSSR count). The van der Waals surface area contributed by atoms with E-state index in [9.17, 15) is 9.59 Å². The molecule has 21 heavy (non-hydrogen) atoms. The fourth-order valence-electron chi connectivity index (χ4n) is 1.76. The number of hydrogen-bond donors (Lipinski definition) is 3. The maximum Gasteiger partial charge on any atom is 0.329 e. The molecule has 2 amide bonds. The van der Waals surface area contributed by atoms with Gasteiger partial charge in [0, 0.05) is 0 Å². The van der Waals surface area contributed by atoms with Gasteiger partial charge in [0.2, 0.25) is 0 Å². The zero-order valence-electron chi connectivity index (χ0n) is 12.1. The lowest BCUT2D eigenvalue weighted by atomic mass is 10.00. The number of carbonyl (C=O) groups is 2. The van der Waals surface area contributed by atoms with Crippen LogP contribution in [0.1, 0.15) is 25.8 Å². The first-order valence-electron chi connectivity index (χ1n) is 6.54. The molecule has 0 aliphatic rings. The number of aliphatic carboxylic acids is 1. The maximum atomic E-state index is 11.9. The largest absolute Gasteiger partial charge is 0.480 e. The minimum Gasteiger partial charge on any atom is -0.480 e. The van der Waals surface area contributed by atoms with Crippen molar-refractivity contribution in [2.24, 2.45) is 0 Å². The zero-order valence-corrected chi connectivity index (χ0v) is 12.9. The molecule has 0 fully saturated rings. The van der Waals surface area contributed by atoms with Crippen molar-refractivity contribution in [2.45, 2.75) is 32.7 Å². The molecule has 0 bridgehead atoms. The van der Waals surface area contributed by atoms with Crippen molar-refractivity contribution in [3.05, 3.63) is 23.8 Å². The molecular formula is C14H17N3O3S. The van der Waals surface area contributed by atoms with E-state index in [-0.39, 0.29) is 6.42 Å². The Morgan fingerprint density at radius 2 is 2.14 bits per heavy atom. The summed E-state index contributed by atoms with van der Waals surface area (Å²) in [6.45, 7) is 5.16. The molecule has 1 unspecified atom stereocenters. The van der Waals surface area contributed by atoms with Crippen LogP contribution >= 0.6 is 11.3 Å². The van der Waals surface area contributed by atoms with Crippen LogP contribution in [0.25, 0.3) is 10.2 Å². The number of nitrogens with one attached hydrogen (secondary N) is 2. The minimum absolute atomic E-state index is 0.287. The van der Waals surface area contributed by atoms with Gasteiger partial charge in [0.1, 0.15) is 5.54 Å². The van der Waals surface area contributed by atoms with Crippen LogP contribution in [0.3, 0.4) is 0 Å². The van der Waals surface area contributed by atoms with Gasteiger partial charge < -0.3 is 10.4 Å². The number of carbonyl (C=O) groups excluding carboxylic acids is 1. The van der Waals surface area contributed by atoms with Crippen molar-refractivity contribution in [2.75, 3.05) is 5.32 Å². The van der Waals surface area contributed by atoms with E-state index >= 15 is 0 Å². The molecule has 3 N–H and O–H groups in total. The summed E-state index contributed by atoms with van der Waals surface area (Å²) in [4.78, 5) is 27.4. The quantitative estimate of drug-likeness (QED) is 0.809. The normalized spacial score (nSPS) is 13.7. The van der Waals surface area contributed by atoms with Gasteiger partial charge in [-0.2, -0.15) is 0 Å². The fourth-order valence-corrected chi connectivity index (χ4v) is 2.72. The molecule has 7 heteroatoms. The standard InChI is InChI=1S/C14H17N3O3S/c1-4-14(3,11(18)19)17-12(20)16-13-15-9-6-5-8(2)7-10(9)21-13/h5-7H,4H2,1-3H3,(H,18,19)(H2,15,16,17,20). The van der Waals surface area contributed by atoms with Gasteiger partial charge in [-0.3, -0.25) is 5.32 Å². The number of anilines is 1. The molecule has 1 aromatic heterocycles. The average Bonchev–Trinajstić information content (AvgIpc) is 2.79. The zero-order chi connectivity index (χ0) is 15.6. The topological polar surface area (TPSA) is 91.3 Å². The van der Waals surface area contributed by atoms with Crippen molar-refractivity contribution in [1.29, 1.82) is 0 Å². The highest BCUT2D eigenvalue weighted by Gasteiger charge is 2.32. The number of rotatable bonds is 4. The SMILES string of the molecule is CCC(C)(NC(=O)Nc1nc2ccc(C)cc2s1)C(=O)O. The van der Waals surface area contributed by atoms with Crippen LogP contribution in [0.15, 0.2) is 18.2 Å². The Morgan fingerprint density at radius 1 is 1.43 bits per heavy atom. The molecule has 0 radical (unpaired) electrons. The van der Waals surface area contributed by atoms with Crippen LogP contribution in [-0.2, 0) is 4.79 Å². The highest BCUT2D eigenvalue weighted by Crippen LogP contribution is 2.26. The van der Waals surface area contributed by atoms with E-state index < -0.39 is 17.5 Å². The summed E-state index contributed by atoms with van der Waals surface area (Å²) in [7, 11) is 0. The molecule has 1 atom stereocenters. The summed E-state index contributed by atoms with van der Waals surface area (Å²) >= 11 is 1.35. The van der Waals surface area contributed by atoms with E-state index in [1.54, 1.807) is 6.92 Å². The molecule has 6 nitrogen and oxygen atoms in total. The van der Waals surface area contributed by atoms with Gasteiger partial charge >= 0.3 is 12.0 Å². The second-order valence-corrected chi connectivity index (χ2v) is 6.09. The Balaban J connectivity index is 2.12. The number of nitrogens with zero attached hydrogens (tertiary/aromatic N) is 1. The number of hydrogen-bond acceptors (Lipinski definition) is 4. The van der Waals surface area contributed by atoms with Crippen molar-refractivity contribution < 1.29 is 14.7 Å².